The molecule has 3 heteroatoms. The maximum Gasteiger partial charge on any atom is 0.200 e. The van der Waals surface area contributed by atoms with Gasteiger partial charge in [0.15, 0.2) is 8.32 Å². The standard InChI is InChI=1S/C18H30O2Si/c1-14(2)21(15(3)4,16(5)6)20-12-11-17-9-7-8-10-18(17)13-19/h7-10,13-16H,11-12H2,1-6H3. The molecule has 0 spiro atoms. The van der Waals surface area contributed by atoms with Crippen molar-refractivity contribution in [3.63, 3.8) is 0 Å². The van der Waals surface area contributed by atoms with Crippen molar-refractivity contribution in [2.24, 2.45) is 0 Å². The van der Waals surface area contributed by atoms with Crippen molar-refractivity contribution >= 4 is 14.6 Å². The van der Waals surface area contributed by atoms with Gasteiger partial charge in [0.2, 0.25) is 0 Å². The molecule has 0 N–H and O–H groups in total. The largest absolute Gasteiger partial charge is 0.416 e. The average Bonchev–Trinajstić information content (AvgIpc) is 2.42. The molecule has 0 bridgehead atoms. The summed E-state index contributed by atoms with van der Waals surface area (Å²) in [5.74, 6) is 0. The molecule has 1 aromatic carbocycles. The minimum absolute atomic E-state index is 0.596. The number of carbonyl (C=O) groups is 1. The lowest BCUT2D eigenvalue weighted by atomic mass is 10.1. The summed E-state index contributed by atoms with van der Waals surface area (Å²) < 4.78 is 6.54. The highest BCUT2D eigenvalue weighted by Gasteiger charge is 2.44. The maximum absolute atomic E-state index is 11.1. The van der Waals surface area contributed by atoms with E-state index in [4.69, 9.17) is 4.43 Å². The van der Waals surface area contributed by atoms with E-state index in [0.717, 1.165) is 23.8 Å². The topological polar surface area (TPSA) is 26.3 Å². The highest BCUT2D eigenvalue weighted by atomic mass is 28.4. The van der Waals surface area contributed by atoms with Gasteiger partial charge in [-0.1, -0.05) is 65.8 Å². The van der Waals surface area contributed by atoms with Crippen molar-refractivity contribution in [2.75, 3.05) is 6.61 Å². The summed E-state index contributed by atoms with van der Waals surface area (Å²) in [5.41, 5.74) is 3.66. The molecule has 0 unspecified atom stereocenters. The number of rotatable bonds is 8. The Kier molecular flexibility index (Phi) is 6.82. The van der Waals surface area contributed by atoms with Gasteiger partial charge in [0.25, 0.3) is 0 Å². The first-order valence-corrected chi connectivity index (χ1v) is 10.2. The van der Waals surface area contributed by atoms with Crippen LogP contribution in [0.25, 0.3) is 0 Å². The molecule has 0 atom stereocenters. The first-order valence-electron chi connectivity index (χ1n) is 8.03. The van der Waals surface area contributed by atoms with Crippen molar-refractivity contribution in [3.8, 4) is 0 Å². The summed E-state index contributed by atoms with van der Waals surface area (Å²) in [5, 5.41) is 0. The molecule has 0 saturated heterocycles. The molecular formula is C18H30O2Si. The van der Waals surface area contributed by atoms with Gasteiger partial charge in [-0.25, -0.2) is 0 Å². The molecule has 21 heavy (non-hydrogen) atoms. The predicted octanol–water partition coefficient (Wildman–Crippen LogP) is 5.23. The van der Waals surface area contributed by atoms with E-state index in [1.54, 1.807) is 0 Å². The minimum atomic E-state index is -1.80. The molecule has 0 fully saturated rings. The highest BCUT2D eigenvalue weighted by Crippen LogP contribution is 2.42. The van der Waals surface area contributed by atoms with Crippen LogP contribution in [0.3, 0.4) is 0 Å². The Morgan fingerprint density at radius 1 is 1.00 bits per heavy atom. The molecule has 0 saturated carbocycles. The Labute approximate surface area is 131 Å². The Morgan fingerprint density at radius 2 is 1.52 bits per heavy atom. The Morgan fingerprint density at radius 3 is 2.00 bits per heavy atom. The van der Waals surface area contributed by atoms with E-state index in [0.29, 0.717) is 23.2 Å². The monoisotopic (exact) mass is 306 g/mol. The van der Waals surface area contributed by atoms with Gasteiger partial charge in [0.1, 0.15) is 6.29 Å². The second kappa shape index (κ2) is 7.90. The van der Waals surface area contributed by atoms with Crippen LogP contribution in [-0.2, 0) is 10.8 Å². The quantitative estimate of drug-likeness (QED) is 0.485. The van der Waals surface area contributed by atoms with Gasteiger partial charge in [0, 0.05) is 12.2 Å². The first kappa shape index (κ1) is 18.1. The third kappa shape index (κ3) is 4.04. The SMILES string of the molecule is CC(C)[Si](OCCc1ccccc1C=O)(C(C)C)C(C)C. The van der Waals surface area contributed by atoms with Crippen molar-refractivity contribution in [1.29, 1.82) is 0 Å². The van der Waals surface area contributed by atoms with Crippen LogP contribution in [0.4, 0.5) is 0 Å². The second-order valence-corrected chi connectivity index (χ2v) is 12.2. The molecule has 0 heterocycles. The van der Waals surface area contributed by atoms with Crippen LogP contribution in [0.5, 0.6) is 0 Å². The Hall–Kier alpha value is -0.933. The smallest absolute Gasteiger partial charge is 0.200 e. The normalized spacial score (nSPS) is 12.4. The molecule has 0 amide bonds. The average molecular weight is 307 g/mol. The van der Waals surface area contributed by atoms with Gasteiger partial charge in [-0.3, -0.25) is 4.79 Å². The van der Waals surface area contributed by atoms with E-state index < -0.39 is 8.32 Å². The maximum atomic E-state index is 11.1. The fourth-order valence-corrected chi connectivity index (χ4v) is 9.17. The van der Waals surface area contributed by atoms with Gasteiger partial charge >= 0.3 is 0 Å². The van der Waals surface area contributed by atoms with E-state index >= 15 is 0 Å². The second-order valence-electron chi connectivity index (χ2n) is 6.73. The summed E-state index contributed by atoms with van der Waals surface area (Å²) >= 11 is 0. The number of aldehydes is 1. The van der Waals surface area contributed by atoms with Gasteiger partial charge in [-0.15, -0.1) is 0 Å². The van der Waals surface area contributed by atoms with Gasteiger partial charge in [0.05, 0.1) is 0 Å². The van der Waals surface area contributed by atoms with Crippen LogP contribution in [-0.4, -0.2) is 21.2 Å². The van der Waals surface area contributed by atoms with E-state index in [1.165, 1.54) is 0 Å². The molecule has 0 aliphatic rings. The predicted molar refractivity (Wildman–Crippen MR) is 92.5 cm³/mol. The summed E-state index contributed by atoms with van der Waals surface area (Å²) in [4.78, 5) is 11.1. The van der Waals surface area contributed by atoms with E-state index in [1.807, 2.05) is 24.3 Å². The molecule has 118 valence electrons. The van der Waals surface area contributed by atoms with Crippen LogP contribution < -0.4 is 0 Å². The lowest BCUT2D eigenvalue weighted by Crippen LogP contribution is -2.48. The first-order chi connectivity index (χ1) is 9.86. The summed E-state index contributed by atoms with van der Waals surface area (Å²) in [6.45, 7) is 14.5. The summed E-state index contributed by atoms with van der Waals surface area (Å²) in [7, 11) is -1.80. The molecule has 1 rings (SSSR count). The zero-order chi connectivity index (χ0) is 16.0. The molecule has 0 aromatic heterocycles. The molecule has 0 aliphatic heterocycles. The van der Waals surface area contributed by atoms with Crippen LogP contribution >= 0.6 is 0 Å². The molecule has 0 radical (unpaired) electrons. The summed E-state index contributed by atoms with van der Waals surface area (Å²) in [6.07, 6.45) is 1.75. The van der Waals surface area contributed by atoms with Crippen LogP contribution in [0.2, 0.25) is 16.6 Å². The molecule has 0 aliphatic carbocycles. The lowest BCUT2D eigenvalue weighted by Gasteiger charge is -2.42. The number of benzene rings is 1. The third-order valence-corrected chi connectivity index (χ3v) is 10.7. The Bertz CT molecular complexity index is 431. The van der Waals surface area contributed by atoms with E-state index in [2.05, 4.69) is 41.5 Å². The lowest BCUT2D eigenvalue weighted by molar-refractivity contribution is 0.112. The molecular weight excluding hydrogens is 276 g/mol. The van der Waals surface area contributed by atoms with Crippen LogP contribution in [0.1, 0.15) is 57.5 Å². The molecule has 2 nitrogen and oxygen atoms in total. The third-order valence-electron chi connectivity index (χ3n) is 4.61. The van der Waals surface area contributed by atoms with Crippen molar-refractivity contribution in [3.05, 3.63) is 35.4 Å². The zero-order valence-electron chi connectivity index (χ0n) is 14.3. The van der Waals surface area contributed by atoms with Crippen molar-refractivity contribution < 1.29 is 9.22 Å². The van der Waals surface area contributed by atoms with E-state index in [9.17, 15) is 4.79 Å². The number of hydrogen-bond donors (Lipinski definition) is 0. The molecule has 1 aromatic rings. The van der Waals surface area contributed by atoms with Gasteiger partial charge in [-0.05, 0) is 28.6 Å². The summed E-state index contributed by atoms with van der Waals surface area (Å²) in [6, 6.07) is 7.79. The number of carbonyl (C=O) groups excluding carboxylic acids is 1. The number of hydrogen-bond acceptors (Lipinski definition) is 2. The van der Waals surface area contributed by atoms with E-state index in [-0.39, 0.29) is 0 Å². The fourth-order valence-electron chi connectivity index (χ4n) is 3.71. The van der Waals surface area contributed by atoms with Gasteiger partial charge < -0.3 is 4.43 Å². The Balaban J connectivity index is 2.81. The van der Waals surface area contributed by atoms with Gasteiger partial charge in [-0.2, -0.15) is 0 Å². The van der Waals surface area contributed by atoms with Crippen molar-refractivity contribution in [1.82, 2.24) is 0 Å². The van der Waals surface area contributed by atoms with Crippen LogP contribution in [0.15, 0.2) is 24.3 Å². The van der Waals surface area contributed by atoms with Crippen LogP contribution in [0, 0.1) is 0 Å². The highest BCUT2D eigenvalue weighted by molar-refractivity contribution is 6.77. The minimum Gasteiger partial charge on any atom is -0.416 e. The van der Waals surface area contributed by atoms with Crippen molar-refractivity contribution in [2.45, 2.75) is 64.6 Å². The zero-order valence-corrected chi connectivity index (χ0v) is 15.3. The fraction of sp³-hybridized carbons (Fsp3) is 0.611.